The number of hydrogen-bond donors (Lipinski definition) is 3. The molecule has 19 heteroatoms. The van der Waals surface area contributed by atoms with Crippen LogP contribution in [0.1, 0.15) is 382 Å². The molecule has 0 aromatic heterocycles. The fourth-order valence-corrected chi connectivity index (χ4v) is 13.0. The Bertz CT molecular complexity index is 1840. The van der Waals surface area contributed by atoms with Crippen molar-refractivity contribution in [2.24, 2.45) is 17.8 Å². The number of phosphoric ester groups is 2. The molecule has 0 aliphatic carbocycles. The fraction of sp³-hybridized carbons (Fsp3) is 0.947. The highest BCUT2D eigenvalue weighted by atomic mass is 31.2. The molecule has 3 unspecified atom stereocenters. The first-order valence-electron chi connectivity index (χ1n) is 38.9. The minimum atomic E-state index is -4.96. The van der Waals surface area contributed by atoms with E-state index in [-0.39, 0.29) is 25.7 Å². The summed E-state index contributed by atoms with van der Waals surface area (Å²) in [4.78, 5) is 72.8. The lowest BCUT2D eigenvalue weighted by Gasteiger charge is -2.21. The minimum absolute atomic E-state index is 0.105. The third-order valence-electron chi connectivity index (χ3n) is 17.7. The Balaban J connectivity index is 5.27. The van der Waals surface area contributed by atoms with E-state index in [4.69, 9.17) is 37.0 Å². The van der Waals surface area contributed by atoms with Crippen LogP contribution < -0.4 is 0 Å². The number of hydrogen-bond acceptors (Lipinski definition) is 15. The molecule has 558 valence electrons. The van der Waals surface area contributed by atoms with Gasteiger partial charge in [-0.25, -0.2) is 9.13 Å². The van der Waals surface area contributed by atoms with Gasteiger partial charge in [0.05, 0.1) is 26.4 Å². The maximum absolute atomic E-state index is 13.1. The van der Waals surface area contributed by atoms with Gasteiger partial charge in [-0.2, -0.15) is 0 Å². The summed E-state index contributed by atoms with van der Waals surface area (Å²) in [5, 5.41) is 10.6. The number of carbonyl (C=O) groups is 4. The second-order valence-corrected chi connectivity index (χ2v) is 31.1. The first-order valence-corrected chi connectivity index (χ1v) is 41.9. The highest BCUT2D eigenvalue weighted by Gasteiger charge is 2.30. The highest BCUT2D eigenvalue weighted by molar-refractivity contribution is 7.47. The molecule has 0 amide bonds. The summed E-state index contributed by atoms with van der Waals surface area (Å²) in [5.74, 6) is 0.188. The smallest absolute Gasteiger partial charge is 0.462 e. The molecule has 0 aromatic carbocycles. The lowest BCUT2D eigenvalue weighted by atomic mass is 9.99. The molecule has 0 aromatic rings. The molecule has 3 N–H and O–H groups in total. The van der Waals surface area contributed by atoms with Gasteiger partial charge in [0.2, 0.25) is 0 Å². The van der Waals surface area contributed by atoms with E-state index in [0.717, 1.165) is 108 Å². The molecule has 0 heterocycles. The monoisotopic (exact) mass is 1380 g/mol. The maximum Gasteiger partial charge on any atom is 0.472 e. The van der Waals surface area contributed by atoms with E-state index < -0.39 is 97.5 Å². The number of esters is 4. The minimum Gasteiger partial charge on any atom is -0.462 e. The van der Waals surface area contributed by atoms with Crippen LogP contribution in [0.15, 0.2) is 0 Å². The van der Waals surface area contributed by atoms with E-state index in [0.29, 0.717) is 25.7 Å². The summed E-state index contributed by atoms with van der Waals surface area (Å²) in [6, 6.07) is 0. The number of phosphoric acid groups is 2. The van der Waals surface area contributed by atoms with Gasteiger partial charge in [0, 0.05) is 25.7 Å². The average Bonchev–Trinajstić information content (AvgIpc) is 1.44. The van der Waals surface area contributed by atoms with Crippen LogP contribution in [0.5, 0.6) is 0 Å². The Morgan fingerprint density at radius 3 is 0.809 bits per heavy atom. The van der Waals surface area contributed by atoms with Crippen LogP contribution in [-0.4, -0.2) is 96.7 Å². The normalized spacial score (nSPS) is 14.4. The topological polar surface area (TPSA) is 237 Å². The van der Waals surface area contributed by atoms with Crippen molar-refractivity contribution in [1.82, 2.24) is 0 Å². The molecular weight excluding hydrogens is 1230 g/mol. The zero-order chi connectivity index (χ0) is 69.4. The lowest BCUT2D eigenvalue weighted by Crippen LogP contribution is -2.30. The number of unbranched alkanes of at least 4 members (excludes halogenated alkanes) is 40. The number of aliphatic hydroxyl groups excluding tert-OH is 1. The van der Waals surface area contributed by atoms with E-state index in [1.165, 1.54) is 193 Å². The zero-order valence-corrected chi connectivity index (χ0v) is 63.2. The summed E-state index contributed by atoms with van der Waals surface area (Å²) < 4.78 is 68.5. The van der Waals surface area contributed by atoms with Crippen molar-refractivity contribution in [3.05, 3.63) is 0 Å². The molecule has 0 spiro atoms. The zero-order valence-electron chi connectivity index (χ0n) is 61.4. The third kappa shape index (κ3) is 67.3. The summed E-state index contributed by atoms with van der Waals surface area (Å²) in [7, 11) is -9.91. The van der Waals surface area contributed by atoms with Gasteiger partial charge in [0.15, 0.2) is 12.2 Å². The van der Waals surface area contributed by atoms with Crippen molar-refractivity contribution < 1.29 is 80.2 Å². The molecule has 0 aliphatic heterocycles. The molecule has 6 atom stereocenters. The SMILES string of the molecule is CCCCCCCCCCCCCCCCC(=O)OC[C@H](COP(=O)(O)OC[C@@H](O)COP(=O)(O)OC[C@@H](COC(=O)CCCCCCCCCCC(C)CC)OC(=O)CCCCCCCCCCCCC(C)C)OC(=O)CCCCCCCCCCCCCCC(C)C. The van der Waals surface area contributed by atoms with Gasteiger partial charge in [-0.15, -0.1) is 0 Å². The van der Waals surface area contributed by atoms with Gasteiger partial charge >= 0.3 is 39.5 Å². The molecule has 0 rings (SSSR count). The number of rotatable bonds is 73. The predicted molar refractivity (Wildman–Crippen MR) is 381 cm³/mol. The first kappa shape index (κ1) is 92.1. The Hall–Kier alpha value is -1.94. The summed E-state index contributed by atoms with van der Waals surface area (Å²) in [6.45, 7) is 11.9. The molecule has 17 nitrogen and oxygen atoms in total. The van der Waals surface area contributed by atoms with Crippen LogP contribution in [0.3, 0.4) is 0 Å². The van der Waals surface area contributed by atoms with Crippen LogP contribution in [-0.2, 0) is 65.4 Å². The third-order valence-corrected chi connectivity index (χ3v) is 19.6. The van der Waals surface area contributed by atoms with E-state index >= 15 is 0 Å². The lowest BCUT2D eigenvalue weighted by molar-refractivity contribution is -0.161. The van der Waals surface area contributed by atoms with Gasteiger partial charge in [-0.05, 0) is 43.4 Å². The van der Waals surface area contributed by atoms with Gasteiger partial charge < -0.3 is 33.8 Å². The van der Waals surface area contributed by atoms with E-state index in [9.17, 15) is 43.2 Å². The summed E-state index contributed by atoms with van der Waals surface area (Å²) in [6.07, 6.45) is 51.1. The van der Waals surface area contributed by atoms with Gasteiger partial charge in [-0.3, -0.25) is 37.3 Å². The van der Waals surface area contributed by atoms with E-state index in [1.807, 2.05) is 0 Å². The van der Waals surface area contributed by atoms with Crippen molar-refractivity contribution >= 4 is 39.5 Å². The number of carbonyl (C=O) groups excluding carboxylic acids is 4. The van der Waals surface area contributed by atoms with Crippen LogP contribution in [0.2, 0.25) is 0 Å². The van der Waals surface area contributed by atoms with Crippen LogP contribution >= 0.6 is 15.6 Å². The van der Waals surface area contributed by atoms with Gasteiger partial charge in [0.1, 0.15) is 19.3 Å². The van der Waals surface area contributed by atoms with E-state index in [2.05, 4.69) is 48.5 Å². The fourth-order valence-electron chi connectivity index (χ4n) is 11.4. The molecular formula is C75H146O17P2. The first-order chi connectivity index (χ1) is 45.3. The Labute approximate surface area is 575 Å². The van der Waals surface area contributed by atoms with Gasteiger partial charge in [-0.1, -0.05) is 331 Å². The number of ether oxygens (including phenoxy) is 4. The molecule has 94 heavy (non-hydrogen) atoms. The molecule has 0 fully saturated rings. The summed E-state index contributed by atoms with van der Waals surface area (Å²) in [5.41, 5.74) is 0. The maximum atomic E-state index is 13.1. The van der Waals surface area contributed by atoms with Crippen molar-refractivity contribution in [3.63, 3.8) is 0 Å². The molecule has 0 saturated heterocycles. The Kier molecular flexibility index (Phi) is 64.3. The Morgan fingerprint density at radius 1 is 0.309 bits per heavy atom. The molecule has 0 saturated carbocycles. The Morgan fingerprint density at radius 2 is 0.543 bits per heavy atom. The van der Waals surface area contributed by atoms with Crippen molar-refractivity contribution in [3.8, 4) is 0 Å². The molecule has 0 bridgehead atoms. The van der Waals surface area contributed by atoms with Crippen LogP contribution in [0.4, 0.5) is 0 Å². The molecule has 0 radical (unpaired) electrons. The van der Waals surface area contributed by atoms with Crippen molar-refractivity contribution in [1.29, 1.82) is 0 Å². The average molecular weight is 1380 g/mol. The van der Waals surface area contributed by atoms with Gasteiger partial charge in [0.25, 0.3) is 0 Å². The van der Waals surface area contributed by atoms with Crippen molar-refractivity contribution in [2.45, 2.75) is 401 Å². The second-order valence-electron chi connectivity index (χ2n) is 28.2. The highest BCUT2D eigenvalue weighted by Crippen LogP contribution is 2.45. The van der Waals surface area contributed by atoms with Crippen LogP contribution in [0.25, 0.3) is 0 Å². The number of aliphatic hydroxyl groups is 1. The summed E-state index contributed by atoms with van der Waals surface area (Å²) >= 11 is 0. The molecule has 0 aliphatic rings. The quantitative estimate of drug-likeness (QED) is 0.0222. The predicted octanol–water partition coefficient (Wildman–Crippen LogP) is 21.8. The standard InChI is InChI=1S/C75H146O17P2/c1-8-10-11-12-13-14-15-16-17-21-27-35-42-49-56-72(77)85-62-70(91-74(79)58-51-44-37-28-22-19-18-20-25-32-39-46-53-66(3)4)64-89-93(81,82)87-60-69(76)61-88-94(83,84)90-65-71(63-86-73(78)57-50-43-36-31-30-34-41-48-55-68(7)9-2)92-75(80)59-52-45-38-29-24-23-26-33-40-47-54-67(5)6/h66-71,76H,8-65H2,1-7H3,(H,81,82)(H,83,84)/t68?,69-,70-,71-/m1/s1. The second kappa shape index (κ2) is 65.7. The van der Waals surface area contributed by atoms with E-state index in [1.54, 1.807) is 0 Å². The largest absolute Gasteiger partial charge is 0.472 e. The van der Waals surface area contributed by atoms with Crippen molar-refractivity contribution in [2.75, 3.05) is 39.6 Å². The van der Waals surface area contributed by atoms with Crippen LogP contribution in [0, 0.1) is 17.8 Å².